The van der Waals surface area contributed by atoms with Crippen molar-refractivity contribution in [3.8, 4) is 5.75 Å². The summed E-state index contributed by atoms with van der Waals surface area (Å²) in [5, 5.41) is 3.24. The molecule has 0 radical (unpaired) electrons. The molecule has 1 aromatic carbocycles. The van der Waals surface area contributed by atoms with Crippen LogP contribution in [-0.2, 0) is 10.2 Å². The molecule has 1 fully saturated rings. The van der Waals surface area contributed by atoms with Crippen LogP contribution in [-0.4, -0.2) is 33.9 Å². The summed E-state index contributed by atoms with van der Waals surface area (Å²) in [6.45, 7) is 7.10. The van der Waals surface area contributed by atoms with Gasteiger partial charge in [-0.1, -0.05) is 26.0 Å². The third-order valence-electron chi connectivity index (χ3n) is 4.07. The molecular formula is C16H25NO2. The van der Waals surface area contributed by atoms with Gasteiger partial charge >= 0.3 is 0 Å². The first-order chi connectivity index (χ1) is 9.13. The molecular weight excluding hydrogens is 238 g/mol. The van der Waals surface area contributed by atoms with Crippen molar-refractivity contribution in [3.63, 3.8) is 0 Å². The Morgan fingerprint density at radius 1 is 1.37 bits per heavy atom. The van der Waals surface area contributed by atoms with Crippen molar-refractivity contribution in [3.05, 3.63) is 29.3 Å². The number of nitrogens with one attached hydrogen (secondary N) is 1. The molecule has 19 heavy (non-hydrogen) atoms. The Labute approximate surface area is 116 Å². The van der Waals surface area contributed by atoms with Gasteiger partial charge in [0, 0.05) is 5.41 Å². The number of rotatable bonds is 6. The first-order valence-corrected chi connectivity index (χ1v) is 7.04. The maximum absolute atomic E-state index is 5.49. The molecule has 3 nitrogen and oxygen atoms in total. The fraction of sp³-hybridized carbons (Fsp3) is 0.625. The lowest BCUT2D eigenvalue weighted by Gasteiger charge is -2.42. The second kappa shape index (κ2) is 5.93. The molecule has 0 saturated carbocycles. The molecule has 0 atom stereocenters. The van der Waals surface area contributed by atoms with E-state index in [1.165, 1.54) is 11.1 Å². The molecule has 1 aliphatic heterocycles. The molecule has 0 aromatic heterocycles. The second-order valence-corrected chi connectivity index (χ2v) is 5.74. The summed E-state index contributed by atoms with van der Waals surface area (Å²) in [7, 11) is 3.74. The summed E-state index contributed by atoms with van der Waals surface area (Å²) in [5.74, 6) is 1.46. The largest absolute Gasteiger partial charge is 0.496 e. The van der Waals surface area contributed by atoms with Crippen molar-refractivity contribution >= 4 is 0 Å². The van der Waals surface area contributed by atoms with Crippen molar-refractivity contribution < 1.29 is 9.47 Å². The van der Waals surface area contributed by atoms with Crippen molar-refractivity contribution in [1.29, 1.82) is 0 Å². The van der Waals surface area contributed by atoms with Crippen molar-refractivity contribution in [1.82, 2.24) is 5.32 Å². The van der Waals surface area contributed by atoms with Crippen molar-refractivity contribution in [2.24, 2.45) is 0 Å². The molecule has 0 aliphatic carbocycles. The van der Waals surface area contributed by atoms with Gasteiger partial charge in [-0.15, -0.1) is 0 Å². The molecule has 106 valence electrons. The van der Waals surface area contributed by atoms with E-state index in [1.807, 2.05) is 7.05 Å². The quantitative estimate of drug-likeness (QED) is 0.856. The molecule has 1 saturated heterocycles. The lowest BCUT2D eigenvalue weighted by molar-refractivity contribution is -0.0638. The van der Waals surface area contributed by atoms with E-state index in [9.17, 15) is 0 Å². The van der Waals surface area contributed by atoms with Crippen LogP contribution in [0.15, 0.2) is 18.2 Å². The summed E-state index contributed by atoms with van der Waals surface area (Å²) in [6, 6.07) is 6.61. The van der Waals surface area contributed by atoms with E-state index in [2.05, 4.69) is 37.4 Å². The second-order valence-electron chi connectivity index (χ2n) is 5.74. The average Bonchev–Trinajstić information content (AvgIpc) is 2.37. The van der Waals surface area contributed by atoms with Crippen LogP contribution in [0.1, 0.15) is 37.3 Å². The van der Waals surface area contributed by atoms with Crippen LogP contribution in [0, 0.1) is 0 Å². The number of ether oxygens (including phenoxy) is 2. The highest BCUT2D eigenvalue weighted by Gasteiger charge is 2.40. The molecule has 1 heterocycles. The summed E-state index contributed by atoms with van der Waals surface area (Å²) >= 11 is 0. The minimum Gasteiger partial charge on any atom is -0.496 e. The highest BCUT2D eigenvalue weighted by atomic mass is 16.5. The molecule has 3 heteroatoms. The molecule has 2 rings (SSSR count). The first-order valence-electron chi connectivity index (χ1n) is 7.04. The van der Waals surface area contributed by atoms with Gasteiger partial charge in [-0.05, 0) is 43.1 Å². The molecule has 1 aromatic rings. The zero-order valence-electron chi connectivity index (χ0n) is 12.5. The Kier molecular flexibility index (Phi) is 4.48. The summed E-state index contributed by atoms with van der Waals surface area (Å²) in [4.78, 5) is 0. The summed E-state index contributed by atoms with van der Waals surface area (Å²) < 4.78 is 11.0. The van der Waals surface area contributed by atoms with Crippen LogP contribution in [0.25, 0.3) is 0 Å². The third-order valence-corrected chi connectivity index (χ3v) is 4.07. The van der Waals surface area contributed by atoms with Crippen LogP contribution in [0.5, 0.6) is 5.75 Å². The SMILES string of the molecule is CNCCC1(c2ccc(OC)c(C(C)C)c2)COC1. The van der Waals surface area contributed by atoms with Gasteiger partial charge in [0.15, 0.2) is 0 Å². The number of hydrogen-bond acceptors (Lipinski definition) is 3. The van der Waals surface area contributed by atoms with E-state index < -0.39 is 0 Å². The Hall–Kier alpha value is -1.06. The lowest BCUT2D eigenvalue weighted by atomic mass is 9.75. The van der Waals surface area contributed by atoms with Gasteiger partial charge in [0.25, 0.3) is 0 Å². The standard InChI is InChI=1S/C16H25NO2/c1-12(2)14-9-13(5-6-15(14)18-4)16(7-8-17-3)10-19-11-16/h5-6,9,12,17H,7-8,10-11H2,1-4H3. The minimum absolute atomic E-state index is 0.193. The lowest BCUT2D eigenvalue weighted by Crippen LogP contribution is -2.48. The van der Waals surface area contributed by atoms with Crippen LogP contribution in [0.2, 0.25) is 0 Å². The van der Waals surface area contributed by atoms with Crippen LogP contribution < -0.4 is 10.1 Å². The Balaban J connectivity index is 2.31. The van der Waals surface area contributed by atoms with Crippen LogP contribution >= 0.6 is 0 Å². The fourth-order valence-corrected chi connectivity index (χ4v) is 2.68. The van der Waals surface area contributed by atoms with E-state index in [-0.39, 0.29) is 5.41 Å². The van der Waals surface area contributed by atoms with E-state index >= 15 is 0 Å². The zero-order chi connectivity index (χ0) is 13.9. The molecule has 0 amide bonds. The molecule has 1 aliphatic rings. The van der Waals surface area contributed by atoms with E-state index in [1.54, 1.807) is 7.11 Å². The van der Waals surface area contributed by atoms with Gasteiger partial charge in [-0.25, -0.2) is 0 Å². The minimum atomic E-state index is 0.193. The van der Waals surface area contributed by atoms with Gasteiger partial charge in [0.2, 0.25) is 0 Å². The van der Waals surface area contributed by atoms with Gasteiger partial charge in [0.1, 0.15) is 5.75 Å². The van der Waals surface area contributed by atoms with Crippen LogP contribution in [0.3, 0.4) is 0 Å². The third kappa shape index (κ3) is 2.77. The maximum atomic E-state index is 5.49. The highest BCUT2D eigenvalue weighted by molar-refractivity contribution is 5.42. The monoisotopic (exact) mass is 263 g/mol. The predicted molar refractivity (Wildman–Crippen MR) is 78.1 cm³/mol. The number of benzene rings is 1. The van der Waals surface area contributed by atoms with Gasteiger partial charge in [-0.2, -0.15) is 0 Å². The maximum Gasteiger partial charge on any atom is 0.122 e. The van der Waals surface area contributed by atoms with E-state index in [4.69, 9.17) is 9.47 Å². The number of hydrogen-bond donors (Lipinski definition) is 1. The zero-order valence-corrected chi connectivity index (χ0v) is 12.5. The van der Waals surface area contributed by atoms with Crippen LogP contribution in [0.4, 0.5) is 0 Å². The highest BCUT2D eigenvalue weighted by Crippen LogP contribution is 2.38. The first kappa shape index (κ1) is 14.4. The van der Waals surface area contributed by atoms with Gasteiger partial charge in [-0.3, -0.25) is 0 Å². The Bertz CT molecular complexity index is 425. The smallest absolute Gasteiger partial charge is 0.122 e. The normalized spacial score (nSPS) is 17.3. The van der Waals surface area contributed by atoms with Crippen molar-refractivity contribution in [2.75, 3.05) is 33.9 Å². The summed E-state index contributed by atoms with van der Waals surface area (Å²) in [5.41, 5.74) is 2.87. The molecule has 0 unspecified atom stereocenters. The number of methoxy groups -OCH3 is 1. The predicted octanol–water partition coefficient (Wildman–Crippen LogP) is 2.70. The average molecular weight is 263 g/mol. The molecule has 0 spiro atoms. The van der Waals surface area contributed by atoms with E-state index in [0.717, 1.165) is 31.9 Å². The van der Waals surface area contributed by atoms with Gasteiger partial charge < -0.3 is 14.8 Å². The fourth-order valence-electron chi connectivity index (χ4n) is 2.68. The Morgan fingerprint density at radius 3 is 2.58 bits per heavy atom. The molecule has 0 bridgehead atoms. The Morgan fingerprint density at radius 2 is 2.11 bits per heavy atom. The molecule has 1 N–H and O–H groups in total. The van der Waals surface area contributed by atoms with Crippen molar-refractivity contribution in [2.45, 2.75) is 31.6 Å². The topological polar surface area (TPSA) is 30.5 Å². The van der Waals surface area contributed by atoms with E-state index in [0.29, 0.717) is 5.92 Å². The van der Waals surface area contributed by atoms with Gasteiger partial charge in [0.05, 0.1) is 20.3 Å². The summed E-state index contributed by atoms with van der Waals surface area (Å²) in [6.07, 6.45) is 1.12.